The van der Waals surface area contributed by atoms with Crippen molar-refractivity contribution in [2.45, 2.75) is 26.2 Å². The summed E-state index contributed by atoms with van der Waals surface area (Å²) < 4.78 is 2.28. The molecule has 0 amide bonds. The quantitative estimate of drug-likeness (QED) is 0.353. The Kier molecular flexibility index (Phi) is 2.76. The first-order valence-electron chi connectivity index (χ1n) is 8.61. The normalized spacial score (nSPS) is 12.6. The van der Waals surface area contributed by atoms with E-state index in [9.17, 15) is 0 Å². The van der Waals surface area contributed by atoms with Crippen LogP contribution in [0.4, 0.5) is 0 Å². The highest BCUT2D eigenvalue weighted by Crippen LogP contribution is 2.34. The minimum absolute atomic E-state index is 0.106. The zero-order chi connectivity index (χ0) is 17.2. The number of nitrogens with zero attached hydrogens (tertiary/aromatic N) is 3. The van der Waals surface area contributed by atoms with E-state index in [1.165, 1.54) is 16.5 Å². The van der Waals surface area contributed by atoms with Crippen LogP contribution in [0, 0.1) is 0 Å². The first-order chi connectivity index (χ1) is 12.0. The molecule has 0 unspecified atom stereocenters. The highest BCUT2D eigenvalue weighted by Gasteiger charge is 2.17. The molecule has 0 radical (unpaired) electrons. The fourth-order valence-electron chi connectivity index (χ4n) is 3.67. The van der Waals surface area contributed by atoms with Crippen molar-refractivity contribution in [1.29, 1.82) is 0 Å². The number of benzene rings is 2. The van der Waals surface area contributed by atoms with Crippen molar-refractivity contribution in [3.63, 3.8) is 0 Å². The Hall–Kier alpha value is -2.94. The van der Waals surface area contributed by atoms with Gasteiger partial charge in [-0.1, -0.05) is 39.0 Å². The number of hydrogen-bond donors (Lipinski definition) is 0. The van der Waals surface area contributed by atoms with Gasteiger partial charge in [-0.25, -0.2) is 4.98 Å². The molecule has 0 aliphatic rings. The Bertz CT molecular complexity index is 1270. The number of rotatable bonds is 0. The smallest absolute Gasteiger partial charge is 0.146 e. The van der Waals surface area contributed by atoms with E-state index in [1.807, 2.05) is 18.5 Å². The van der Waals surface area contributed by atoms with Crippen molar-refractivity contribution in [2.75, 3.05) is 0 Å². The first-order valence-corrected chi connectivity index (χ1v) is 8.61. The maximum atomic E-state index is 4.90. The van der Waals surface area contributed by atoms with Crippen molar-refractivity contribution < 1.29 is 0 Å². The predicted octanol–water partition coefficient (Wildman–Crippen LogP) is 5.49. The molecule has 0 aliphatic heterocycles. The van der Waals surface area contributed by atoms with Crippen LogP contribution in [0.2, 0.25) is 0 Å². The lowest BCUT2D eigenvalue weighted by Gasteiger charge is -2.20. The van der Waals surface area contributed by atoms with Gasteiger partial charge in [-0.3, -0.25) is 9.38 Å². The highest BCUT2D eigenvalue weighted by atomic mass is 15.0. The summed E-state index contributed by atoms with van der Waals surface area (Å²) in [6.07, 6.45) is 3.81. The van der Waals surface area contributed by atoms with Crippen molar-refractivity contribution >= 4 is 38.4 Å². The van der Waals surface area contributed by atoms with Gasteiger partial charge >= 0.3 is 0 Å². The maximum Gasteiger partial charge on any atom is 0.146 e. The molecule has 3 heteroatoms. The van der Waals surface area contributed by atoms with Crippen molar-refractivity contribution in [3.8, 4) is 0 Å². The second-order valence-corrected chi connectivity index (χ2v) is 7.66. The highest BCUT2D eigenvalue weighted by molar-refractivity contribution is 6.13. The number of pyridine rings is 2. The third-order valence-electron chi connectivity index (χ3n) is 5.02. The van der Waals surface area contributed by atoms with Gasteiger partial charge < -0.3 is 0 Å². The molecule has 25 heavy (non-hydrogen) atoms. The minimum Gasteiger partial charge on any atom is -0.292 e. The Balaban J connectivity index is 2.10. The lowest BCUT2D eigenvalue weighted by molar-refractivity contribution is 0.591. The summed E-state index contributed by atoms with van der Waals surface area (Å²) in [5.74, 6) is 0. The third kappa shape index (κ3) is 1.99. The predicted molar refractivity (Wildman–Crippen MR) is 104 cm³/mol. The van der Waals surface area contributed by atoms with Crippen LogP contribution in [-0.4, -0.2) is 14.4 Å². The van der Waals surface area contributed by atoms with Gasteiger partial charge in [0.2, 0.25) is 0 Å². The SMILES string of the molecule is CC(C)(C)c1ccc2c(c1)c1cnccc1c1nc3ccccc3n21. The molecule has 3 nitrogen and oxygen atoms in total. The van der Waals surface area contributed by atoms with Crippen LogP contribution in [0.1, 0.15) is 26.3 Å². The van der Waals surface area contributed by atoms with Gasteiger partial charge in [0.05, 0.1) is 16.6 Å². The number of imidazole rings is 1. The molecule has 0 fully saturated rings. The standard InChI is InChI=1S/C22H19N3/c1-22(2,3)14-8-9-19-16(12-14)17-13-23-11-10-15(17)21-24-18-6-4-5-7-20(18)25(19)21/h4-13H,1-3H3. The molecule has 2 aromatic carbocycles. The summed E-state index contributed by atoms with van der Waals surface area (Å²) in [6.45, 7) is 6.75. The largest absolute Gasteiger partial charge is 0.292 e. The van der Waals surface area contributed by atoms with Crippen LogP contribution < -0.4 is 0 Å². The van der Waals surface area contributed by atoms with Gasteiger partial charge in [-0.2, -0.15) is 0 Å². The zero-order valence-corrected chi connectivity index (χ0v) is 14.6. The molecule has 0 atom stereocenters. The number of aromatic nitrogens is 3. The minimum atomic E-state index is 0.106. The molecule has 0 N–H and O–H groups in total. The van der Waals surface area contributed by atoms with Crippen molar-refractivity contribution in [1.82, 2.24) is 14.4 Å². The summed E-state index contributed by atoms with van der Waals surface area (Å²) in [7, 11) is 0. The number of hydrogen-bond acceptors (Lipinski definition) is 2. The van der Waals surface area contributed by atoms with Crippen molar-refractivity contribution in [3.05, 3.63) is 66.5 Å². The molecule has 3 heterocycles. The third-order valence-corrected chi connectivity index (χ3v) is 5.02. The second-order valence-electron chi connectivity index (χ2n) is 7.66. The second kappa shape index (κ2) is 4.79. The molecule has 0 spiro atoms. The fourth-order valence-corrected chi connectivity index (χ4v) is 3.67. The summed E-state index contributed by atoms with van der Waals surface area (Å²) in [5, 5.41) is 3.53. The topological polar surface area (TPSA) is 30.2 Å². The molecule has 0 bridgehead atoms. The Morgan fingerprint density at radius 1 is 0.840 bits per heavy atom. The summed E-state index contributed by atoms with van der Waals surface area (Å²) in [5.41, 5.74) is 5.77. The molecule has 0 saturated heterocycles. The van der Waals surface area contributed by atoms with E-state index >= 15 is 0 Å². The van der Waals surface area contributed by atoms with E-state index in [0.29, 0.717) is 0 Å². The average molecular weight is 325 g/mol. The van der Waals surface area contributed by atoms with E-state index in [0.717, 1.165) is 27.5 Å². The Labute approximate surface area is 145 Å². The van der Waals surface area contributed by atoms with Gasteiger partial charge in [-0.15, -0.1) is 0 Å². The van der Waals surface area contributed by atoms with Crippen LogP contribution in [0.25, 0.3) is 38.4 Å². The summed E-state index contributed by atoms with van der Waals surface area (Å²) >= 11 is 0. The van der Waals surface area contributed by atoms with Crippen LogP contribution in [0.15, 0.2) is 60.9 Å². The van der Waals surface area contributed by atoms with Crippen LogP contribution in [0.3, 0.4) is 0 Å². The van der Waals surface area contributed by atoms with E-state index in [4.69, 9.17) is 4.98 Å². The molecule has 5 rings (SSSR count). The van der Waals surface area contributed by atoms with E-state index in [2.05, 4.69) is 72.6 Å². The lowest BCUT2D eigenvalue weighted by atomic mass is 9.86. The van der Waals surface area contributed by atoms with Gasteiger partial charge in [-0.05, 0) is 41.3 Å². The van der Waals surface area contributed by atoms with Gasteiger partial charge in [0.25, 0.3) is 0 Å². The molecule has 5 aromatic rings. The van der Waals surface area contributed by atoms with E-state index < -0.39 is 0 Å². The molecular weight excluding hydrogens is 306 g/mol. The lowest BCUT2D eigenvalue weighted by Crippen LogP contribution is -2.10. The summed E-state index contributed by atoms with van der Waals surface area (Å²) in [4.78, 5) is 9.28. The van der Waals surface area contributed by atoms with Gasteiger partial charge in [0, 0.05) is 28.6 Å². The molecule has 3 aromatic heterocycles. The van der Waals surface area contributed by atoms with Gasteiger partial charge in [0.15, 0.2) is 0 Å². The molecule has 0 saturated carbocycles. The zero-order valence-electron chi connectivity index (χ0n) is 14.6. The van der Waals surface area contributed by atoms with Crippen LogP contribution in [0.5, 0.6) is 0 Å². The average Bonchev–Trinajstić information content (AvgIpc) is 3.00. The number of fused-ring (bicyclic) bond motifs is 8. The molecular formula is C22H19N3. The summed E-state index contributed by atoms with van der Waals surface area (Å²) in [6, 6.07) is 17.2. The van der Waals surface area contributed by atoms with Crippen LogP contribution >= 0.6 is 0 Å². The monoisotopic (exact) mass is 325 g/mol. The first kappa shape index (κ1) is 14.4. The van der Waals surface area contributed by atoms with Crippen molar-refractivity contribution in [2.24, 2.45) is 0 Å². The number of para-hydroxylation sites is 2. The van der Waals surface area contributed by atoms with E-state index in [-0.39, 0.29) is 5.41 Å². The fraction of sp³-hybridized carbons (Fsp3) is 0.182. The molecule has 122 valence electrons. The van der Waals surface area contributed by atoms with Gasteiger partial charge in [0.1, 0.15) is 5.65 Å². The molecule has 0 aliphatic carbocycles. The Morgan fingerprint density at radius 2 is 1.68 bits per heavy atom. The Morgan fingerprint density at radius 3 is 2.52 bits per heavy atom. The van der Waals surface area contributed by atoms with E-state index in [1.54, 1.807) is 0 Å². The maximum absolute atomic E-state index is 4.90. The van der Waals surface area contributed by atoms with Crippen LogP contribution in [-0.2, 0) is 5.41 Å².